The lowest BCUT2D eigenvalue weighted by Crippen LogP contribution is -2.14. The van der Waals surface area contributed by atoms with Crippen LogP contribution in [0.3, 0.4) is 0 Å². The van der Waals surface area contributed by atoms with Crippen molar-refractivity contribution >= 4 is 17.1 Å². The van der Waals surface area contributed by atoms with Crippen LogP contribution in [0.1, 0.15) is 25.7 Å². The van der Waals surface area contributed by atoms with Crippen molar-refractivity contribution in [3.05, 3.63) is 18.3 Å². The van der Waals surface area contributed by atoms with Gasteiger partial charge in [0.2, 0.25) is 5.95 Å². The highest BCUT2D eigenvalue weighted by atomic mass is 16.5. The summed E-state index contributed by atoms with van der Waals surface area (Å²) >= 11 is 0. The zero-order chi connectivity index (χ0) is 12.4. The topological polar surface area (TPSA) is 66.0 Å². The summed E-state index contributed by atoms with van der Waals surface area (Å²) in [7, 11) is 0. The van der Waals surface area contributed by atoms with Gasteiger partial charge in [-0.3, -0.25) is 4.57 Å². The number of nitrogen functional groups attached to an aromatic ring is 1. The molecule has 0 radical (unpaired) electrons. The van der Waals surface area contributed by atoms with Crippen molar-refractivity contribution in [2.75, 3.05) is 12.3 Å². The van der Waals surface area contributed by atoms with Crippen molar-refractivity contribution in [2.45, 2.75) is 38.3 Å². The number of imidazole rings is 1. The van der Waals surface area contributed by atoms with E-state index in [1.807, 2.05) is 16.7 Å². The lowest BCUT2D eigenvalue weighted by molar-refractivity contribution is 0.0536. The summed E-state index contributed by atoms with van der Waals surface area (Å²) in [5.41, 5.74) is 7.59. The predicted molar refractivity (Wildman–Crippen MR) is 70.1 cm³/mol. The zero-order valence-corrected chi connectivity index (χ0v) is 10.4. The molecule has 0 atom stereocenters. The van der Waals surface area contributed by atoms with Gasteiger partial charge in [0, 0.05) is 6.20 Å². The first-order chi connectivity index (χ1) is 8.84. The van der Waals surface area contributed by atoms with E-state index in [1.165, 1.54) is 25.7 Å². The third kappa shape index (κ3) is 2.18. The molecule has 18 heavy (non-hydrogen) atoms. The van der Waals surface area contributed by atoms with Crippen LogP contribution >= 0.6 is 0 Å². The summed E-state index contributed by atoms with van der Waals surface area (Å²) < 4.78 is 7.77. The highest BCUT2D eigenvalue weighted by Crippen LogP contribution is 2.21. The van der Waals surface area contributed by atoms with Crippen LogP contribution in [0.25, 0.3) is 11.2 Å². The molecular formula is C13H18N4O. The number of hydrogen-bond donors (Lipinski definition) is 1. The standard InChI is InChI=1S/C13H18N4O/c14-13-16-11-6-3-7-15-12(11)17(13)8-9-18-10-4-1-2-5-10/h3,6-7,10H,1-2,4-5,8-9H2,(H2,14,16). The van der Waals surface area contributed by atoms with E-state index < -0.39 is 0 Å². The van der Waals surface area contributed by atoms with Gasteiger partial charge in [0.1, 0.15) is 5.52 Å². The van der Waals surface area contributed by atoms with Gasteiger partial charge in [0.05, 0.1) is 19.3 Å². The van der Waals surface area contributed by atoms with E-state index in [0.717, 1.165) is 17.7 Å². The fraction of sp³-hybridized carbons (Fsp3) is 0.538. The molecule has 2 aromatic rings. The fourth-order valence-corrected chi connectivity index (χ4v) is 2.56. The van der Waals surface area contributed by atoms with Gasteiger partial charge in [-0.05, 0) is 25.0 Å². The molecule has 5 heteroatoms. The number of hydrogen-bond acceptors (Lipinski definition) is 4. The third-order valence-corrected chi connectivity index (χ3v) is 3.50. The van der Waals surface area contributed by atoms with Crippen LogP contribution < -0.4 is 5.73 Å². The number of anilines is 1. The Balaban J connectivity index is 1.68. The Morgan fingerprint density at radius 1 is 1.39 bits per heavy atom. The number of aromatic nitrogens is 3. The van der Waals surface area contributed by atoms with Crippen molar-refractivity contribution in [2.24, 2.45) is 0 Å². The number of nitrogens with two attached hydrogens (primary N) is 1. The maximum atomic E-state index is 5.90. The van der Waals surface area contributed by atoms with E-state index in [0.29, 0.717) is 18.7 Å². The molecule has 5 nitrogen and oxygen atoms in total. The van der Waals surface area contributed by atoms with E-state index >= 15 is 0 Å². The lowest BCUT2D eigenvalue weighted by Gasteiger charge is -2.12. The predicted octanol–water partition coefficient (Wildman–Crippen LogP) is 1.97. The minimum absolute atomic E-state index is 0.439. The van der Waals surface area contributed by atoms with Crippen molar-refractivity contribution in [3.8, 4) is 0 Å². The largest absolute Gasteiger partial charge is 0.376 e. The molecule has 0 aliphatic heterocycles. The number of pyridine rings is 1. The van der Waals surface area contributed by atoms with Gasteiger partial charge in [0.15, 0.2) is 5.65 Å². The van der Waals surface area contributed by atoms with E-state index in [4.69, 9.17) is 10.5 Å². The van der Waals surface area contributed by atoms with Crippen LogP contribution in [0.2, 0.25) is 0 Å². The molecule has 1 aliphatic rings. The van der Waals surface area contributed by atoms with E-state index in [-0.39, 0.29) is 0 Å². The smallest absolute Gasteiger partial charge is 0.202 e. The second-order valence-corrected chi connectivity index (χ2v) is 4.75. The number of nitrogens with zero attached hydrogens (tertiary/aromatic N) is 3. The first kappa shape index (κ1) is 11.5. The quantitative estimate of drug-likeness (QED) is 0.895. The average Bonchev–Trinajstić information content (AvgIpc) is 2.98. The van der Waals surface area contributed by atoms with E-state index in [2.05, 4.69) is 9.97 Å². The second kappa shape index (κ2) is 4.94. The Kier molecular flexibility index (Phi) is 3.15. The Hall–Kier alpha value is -1.62. The Labute approximate surface area is 106 Å². The fourth-order valence-electron chi connectivity index (χ4n) is 2.56. The molecule has 96 valence electrons. The maximum Gasteiger partial charge on any atom is 0.202 e. The summed E-state index contributed by atoms with van der Waals surface area (Å²) in [6.45, 7) is 1.40. The highest BCUT2D eigenvalue weighted by molar-refractivity contribution is 5.73. The molecular weight excluding hydrogens is 228 g/mol. The summed E-state index contributed by atoms with van der Waals surface area (Å²) in [6, 6.07) is 3.79. The number of fused-ring (bicyclic) bond motifs is 1. The van der Waals surface area contributed by atoms with Crippen molar-refractivity contribution in [1.82, 2.24) is 14.5 Å². The molecule has 2 heterocycles. The summed E-state index contributed by atoms with van der Waals surface area (Å²) in [5, 5.41) is 0. The van der Waals surface area contributed by atoms with Crippen molar-refractivity contribution in [3.63, 3.8) is 0 Å². The average molecular weight is 246 g/mol. The van der Waals surface area contributed by atoms with Gasteiger partial charge in [-0.15, -0.1) is 0 Å². The maximum absolute atomic E-state index is 5.90. The molecule has 0 unspecified atom stereocenters. The molecule has 0 spiro atoms. The molecule has 2 aromatic heterocycles. The van der Waals surface area contributed by atoms with Gasteiger partial charge in [0.25, 0.3) is 0 Å². The molecule has 1 fully saturated rings. The van der Waals surface area contributed by atoms with Gasteiger partial charge in [-0.2, -0.15) is 0 Å². The molecule has 2 N–H and O–H groups in total. The number of ether oxygens (including phenoxy) is 1. The van der Waals surface area contributed by atoms with Crippen molar-refractivity contribution < 1.29 is 4.74 Å². The van der Waals surface area contributed by atoms with Crippen molar-refractivity contribution in [1.29, 1.82) is 0 Å². The molecule has 0 amide bonds. The molecule has 0 aromatic carbocycles. The Morgan fingerprint density at radius 3 is 3.06 bits per heavy atom. The van der Waals surface area contributed by atoms with Gasteiger partial charge in [-0.25, -0.2) is 9.97 Å². The minimum Gasteiger partial charge on any atom is -0.376 e. The summed E-state index contributed by atoms with van der Waals surface area (Å²) in [6.07, 6.45) is 7.17. The minimum atomic E-state index is 0.439. The molecule has 0 saturated heterocycles. The van der Waals surface area contributed by atoms with Gasteiger partial charge in [-0.1, -0.05) is 12.8 Å². The van der Waals surface area contributed by atoms with Crippen LogP contribution in [-0.4, -0.2) is 27.2 Å². The van der Waals surface area contributed by atoms with Gasteiger partial charge < -0.3 is 10.5 Å². The lowest BCUT2D eigenvalue weighted by atomic mass is 10.3. The molecule has 1 saturated carbocycles. The molecule has 3 rings (SSSR count). The first-order valence-corrected chi connectivity index (χ1v) is 6.53. The monoisotopic (exact) mass is 246 g/mol. The Bertz CT molecular complexity index is 531. The first-order valence-electron chi connectivity index (χ1n) is 6.53. The zero-order valence-electron chi connectivity index (χ0n) is 10.4. The SMILES string of the molecule is Nc1nc2cccnc2n1CCOC1CCCC1. The van der Waals surface area contributed by atoms with Crippen LogP contribution in [0.4, 0.5) is 5.95 Å². The van der Waals surface area contributed by atoms with E-state index in [1.54, 1.807) is 6.20 Å². The van der Waals surface area contributed by atoms with Gasteiger partial charge >= 0.3 is 0 Å². The van der Waals surface area contributed by atoms with Crippen LogP contribution in [0.15, 0.2) is 18.3 Å². The molecule has 0 bridgehead atoms. The number of rotatable bonds is 4. The van der Waals surface area contributed by atoms with Crippen LogP contribution in [0.5, 0.6) is 0 Å². The molecule has 1 aliphatic carbocycles. The van der Waals surface area contributed by atoms with E-state index in [9.17, 15) is 0 Å². The summed E-state index contributed by atoms with van der Waals surface area (Å²) in [5.74, 6) is 0.513. The second-order valence-electron chi connectivity index (χ2n) is 4.75. The van der Waals surface area contributed by atoms with Crippen LogP contribution in [0, 0.1) is 0 Å². The summed E-state index contributed by atoms with van der Waals surface area (Å²) in [4.78, 5) is 8.60. The normalized spacial score (nSPS) is 16.7. The van der Waals surface area contributed by atoms with Crippen LogP contribution in [-0.2, 0) is 11.3 Å². The third-order valence-electron chi connectivity index (χ3n) is 3.50. The Morgan fingerprint density at radius 2 is 2.22 bits per heavy atom. The highest BCUT2D eigenvalue weighted by Gasteiger charge is 2.15.